The Bertz CT molecular complexity index is 741. The third kappa shape index (κ3) is 2.13. The monoisotopic (exact) mass is 357 g/mol. The summed E-state index contributed by atoms with van der Waals surface area (Å²) in [5, 5.41) is 0. The number of carbonyl (C=O) groups is 1. The maximum absolute atomic E-state index is 12.8. The van der Waals surface area contributed by atoms with Crippen molar-refractivity contribution in [1.29, 1.82) is 0 Å². The van der Waals surface area contributed by atoms with Crippen LogP contribution in [-0.2, 0) is 6.54 Å². The highest BCUT2D eigenvalue weighted by Gasteiger charge is 2.51. The molecule has 1 fully saturated rings. The van der Waals surface area contributed by atoms with Crippen LogP contribution in [0.4, 0.5) is 0 Å². The third-order valence-corrected chi connectivity index (χ3v) is 5.28. The zero-order valence-corrected chi connectivity index (χ0v) is 13.8. The summed E-state index contributed by atoms with van der Waals surface area (Å²) in [5.41, 5.74) is 3.18. The van der Waals surface area contributed by atoms with E-state index in [4.69, 9.17) is 4.74 Å². The Kier molecular flexibility index (Phi) is 3.22. The van der Waals surface area contributed by atoms with Crippen molar-refractivity contribution in [1.82, 2.24) is 4.90 Å². The molecule has 1 aliphatic carbocycles. The topological polar surface area (TPSA) is 29.5 Å². The van der Waals surface area contributed by atoms with Gasteiger partial charge in [0.25, 0.3) is 5.91 Å². The van der Waals surface area contributed by atoms with Crippen LogP contribution in [0, 0.1) is 0 Å². The lowest BCUT2D eigenvalue weighted by Gasteiger charge is -2.29. The highest BCUT2D eigenvalue weighted by Crippen LogP contribution is 2.52. The summed E-state index contributed by atoms with van der Waals surface area (Å²) < 4.78 is 6.25. The molecule has 0 aromatic heterocycles. The molecule has 1 saturated carbocycles. The van der Waals surface area contributed by atoms with Crippen LogP contribution in [0.2, 0.25) is 0 Å². The van der Waals surface area contributed by atoms with Gasteiger partial charge in [-0.2, -0.15) is 0 Å². The fraction of sp³-hybridized carbons (Fsp3) is 0.278. The molecule has 0 spiro atoms. The van der Waals surface area contributed by atoms with Crippen molar-refractivity contribution in [2.75, 3.05) is 7.11 Å². The second-order valence-electron chi connectivity index (χ2n) is 5.89. The average Bonchev–Trinajstić information content (AvgIpc) is 3.32. The Morgan fingerprint density at radius 2 is 2.00 bits per heavy atom. The van der Waals surface area contributed by atoms with Gasteiger partial charge in [-0.3, -0.25) is 4.79 Å². The van der Waals surface area contributed by atoms with E-state index in [-0.39, 0.29) is 5.91 Å². The Hall–Kier alpha value is -1.81. The van der Waals surface area contributed by atoms with Gasteiger partial charge in [-0.15, -0.1) is 0 Å². The zero-order valence-electron chi connectivity index (χ0n) is 12.3. The Morgan fingerprint density at radius 1 is 1.23 bits per heavy atom. The molecule has 0 saturated heterocycles. The van der Waals surface area contributed by atoms with Gasteiger partial charge < -0.3 is 9.64 Å². The molecule has 2 aromatic rings. The van der Waals surface area contributed by atoms with Crippen LogP contribution in [0.15, 0.2) is 46.9 Å². The molecule has 1 heterocycles. The van der Waals surface area contributed by atoms with Crippen LogP contribution in [0.3, 0.4) is 0 Å². The van der Waals surface area contributed by atoms with Gasteiger partial charge in [-0.1, -0.05) is 34.1 Å². The summed E-state index contributed by atoms with van der Waals surface area (Å²) in [6.07, 6.45) is 1.07. The summed E-state index contributed by atoms with van der Waals surface area (Å²) in [5.74, 6) is 1.47. The van der Waals surface area contributed by atoms with Crippen molar-refractivity contribution in [2.45, 2.75) is 24.9 Å². The Morgan fingerprint density at radius 3 is 2.73 bits per heavy atom. The Balaban J connectivity index is 1.63. The van der Waals surface area contributed by atoms with Crippen molar-refractivity contribution in [3.8, 4) is 5.75 Å². The van der Waals surface area contributed by atoms with Gasteiger partial charge >= 0.3 is 0 Å². The van der Waals surface area contributed by atoms with Gasteiger partial charge in [0.2, 0.25) is 0 Å². The minimum atomic E-state index is 0.144. The molecule has 2 aliphatic rings. The number of hydrogen-bond donors (Lipinski definition) is 0. The molecule has 1 amide bonds. The predicted molar refractivity (Wildman–Crippen MR) is 88.2 cm³/mol. The second kappa shape index (κ2) is 5.13. The predicted octanol–water partition coefficient (Wildman–Crippen LogP) is 3.97. The van der Waals surface area contributed by atoms with Crippen LogP contribution in [0.1, 0.15) is 33.8 Å². The van der Waals surface area contributed by atoms with Crippen LogP contribution < -0.4 is 4.74 Å². The van der Waals surface area contributed by atoms with Crippen LogP contribution in [0.5, 0.6) is 5.75 Å². The number of halogens is 1. The summed E-state index contributed by atoms with van der Waals surface area (Å²) in [6.45, 7) is 0.663. The van der Waals surface area contributed by atoms with Crippen LogP contribution >= 0.6 is 15.9 Å². The first kappa shape index (κ1) is 13.8. The van der Waals surface area contributed by atoms with Crippen molar-refractivity contribution in [3.05, 3.63) is 63.6 Å². The van der Waals surface area contributed by atoms with Gasteiger partial charge in [-0.25, -0.2) is 0 Å². The summed E-state index contributed by atoms with van der Waals surface area (Å²) in [6, 6.07) is 14.2. The molecular formula is C18H16BrNO2. The first-order valence-corrected chi connectivity index (χ1v) is 8.20. The number of hydrogen-bond acceptors (Lipinski definition) is 2. The van der Waals surface area contributed by atoms with Gasteiger partial charge in [0, 0.05) is 28.5 Å². The van der Waals surface area contributed by atoms with E-state index in [1.165, 1.54) is 5.56 Å². The van der Waals surface area contributed by atoms with Gasteiger partial charge in [0.1, 0.15) is 5.75 Å². The fourth-order valence-electron chi connectivity index (χ4n) is 3.36. The number of benzene rings is 2. The molecule has 3 nitrogen and oxygen atoms in total. The first-order chi connectivity index (χ1) is 10.7. The number of fused-ring (bicyclic) bond motifs is 3. The van der Waals surface area contributed by atoms with Gasteiger partial charge in [0.05, 0.1) is 7.11 Å². The van der Waals surface area contributed by atoms with E-state index in [1.807, 2.05) is 47.4 Å². The molecule has 0 radical (unpaired) electrons. The van der Waals surface area contributed by atoms with Crippen molar-refractivity contribution in [3.63, 3.8) is 0 Å². The first-order valence-electron chi connectivity index (χ1n) is 7.41. The van der Waals surface area contributed by atoms with Crippen molar-refractivity contribution < 1.29 is 9.53 Å². The number of ether oxygens (including phenoxy) is 1. The maximum Gasteiger partial charge on any atom is 0.254 e. The molecule has 22 heavy (non-hydrogen) atoms. The average molecular weight is 358 g/mol. The quantitative estimate of drug-likeness (QED) is 0.831. The Labute approximate surface area is 138 Å². The van der Waals surface area contributed by atoms with E-state index in [0.717, 1.165) is 27.8 Å². The number of amides is 1. The second-order valence-corrected chi connectivity index (χ2v) is 6.75. The lowest BCUT2D eigenvalue weighted by atomic mass is 9.98. The lowest BCUT2D eigenvalue weighted by Crippen LogP contribution is -2.37. The molecule has 0 N–H and O–H groups in total. The summed E-state index contributed by atoms with van der Waals surface area (Å²) in [4.78, 5) is 14.8. The molecular weight excluding hydrogens is 342 g/mol. The molecule has 2 atom stereocenters. The molecule has 4 rings (SSSR count). The van der Waals surface area contributed by atoms with Crippen LogP contribution in [0.25, 0.3) is 0 Å². The minimum Gasteiger partial charge on any atom is -0.497 e. The summed E-state index contributed by atoms with van der Waals surface area (Å²) in [7, 11) is 1.66. The number of methoxy groups -OCH3 is 1. The van der Waals surface area contributed by atoms with Gasteiger partial charge in [0.15, 0.2) is 0 Å². The SMILES string of the molecule is COc1ccc(CN2C(=O)c3cccc(Br)c3C3CC32)cc1. The van der Waals surface area contributed by atoms with E-state index in [1.54, 1.807) is 7.11 Å². The van der Waals surface area contributed by atoms with Crippen molar-refractivity contribution in [2.24, 2.45) is 0 Å². The van der Waals surface area contributed by atoms with E-state index < -0.39 is 0 Å². The highest BCUT2D eigenvalue weighted by atomic mass is 79.9. The van der Waals surface area contributed by atoms with E-state index in [0.29, 0.717) is 18.5 Å². The summed E-state index contributed by atoms with van der Waals surface area (Å²) >= 11 is 3.59. The van der Waals surface area contributed by atoms with E-state index in [2.05, 4.69) is 15.9 Å². The van der Waals surface area contributed by atoms with E-state index in [9.17, 15) is 4.79 Å². The smallest absolute Gasteiger partial charge is 0.254 e. The fourth-order valence-corrected chi connectivity index (χ4v) is 4.02. The van der Waals surface area contributed by atoms with Crippen LogP contribution in [-0.4, -0.2) is 24.0 Å². The van der Waals surface area contributed by atoms with Gasteiger partial charge in [-0.05, 0) is 41.8 Å². The molecule has 2 aromatic carbocycles. The molecule has 2 unspecified atom stereocenters. The number of rotatable bonds is 3. The highest BCUT2D eigenvalue weighted by molar-refractivity contribution is 9.10. The molecule has 4 heteroatoms. The maximum atomic E-state index is 12.8. The molecule has 1 aliphatic heterocycles. The van der Waals surface area contributed by atoms with E-state index >= 15 is 0 Å². The largest absolute Gasteiger partial charge is 0.497 e. The van der Waals surface area contributed by atoms with Crippen molar-refractivity contribution >= 4 is 21.8 Å². The minimum absolute atomic E-state index is 0.144. The zero-order chi connectivity index (χ0) is 15.3. The molecule has 0 bridgehead atoms. The lowest BCUT2D eigenvalue weighted by molar-refractivity contribution is 0.0711. The number of nitrogens with zero attached hydrogens (tertiary/aromatic N) is 1. The molecule has 112 valence electrons. The third-order valence-electron chi connectivity index (χ3n) is 4.58. The standard InChI is InChI=1S/C18H16BrNO2/c1-22-12-7-5-11(6-8-12)10-20-16-9-14(16)17-13(18(20)21)3-2-4-15(17)19/h2-8,14,16H,9-10H2,1H3. The normalized spacial score (nSPS) is 22.1. The number of carbonyl (C=O) groups excluding carboxylic acids is 1.